The van der Waals surface area contributed by atoms with Crippen LogP contribution in [0, 0.1) is 0 Å². The Hall–Kier alpha value is -3.72. The first-order chi connectivity index (χ1) is 15.1. The minimum absolute atomic E-state index is 0.178. The summed E-state index contributed by atoms with van der Waals surface area (Å²) in [5.41, 5.74) is 2.99. The quantitative estimate of drug-likeness (QED) is 0.469. The number of hydrogen-bond donors (Lipinski definition) is 3. The van der Waals surface area contributed by atoms with Crippen LogP contribution in [0.1, 0.15) is 34.8 Å². The van der Waals surface area contributed by atoms with E-state index in [0.717, 1.165) is 31.6 Å². The molecule has 1 aliphatic heterocycles. The summed E-state index contributed by atoms with van der Waals surface area (Å²) in [4.78, 5) is 32.3. The van der Waals surface area contributed by atoms with Crippen molar-refractivity contribution in [1.82, 2.24) is 24.9 Å². The Labute approximate surface area is 177 Å². The number of aromatic amines is 1. The number of H-pyrrole nitrogens is 1. The van der Waals surface area contributed by atoms with Gasteiger partial charge in [-0.25, -0.2) is 9.50 Å². The van der Waals surface area contributed by atoms with Crippen LogP contribution in [-0.4, -0.2) is 45.7 Å². The predicted molar refractivity (Wildman–Crippen MR) is 117 cm³/mol. The highest BCUT2D eigenvalue weighted by Crippen LogP contribution is 2.30. The Bertz CT molecular complexity index is 1340. The number of pyridine rings is 1. The Kier molecular flexibility index (Phi) is 4.87. The highest BCUT2D eigenvalue weighted by Gasteiger charge is 2.22. The molecule has 0 bridgehead atoms. The number of piperidine rings is 1. The monoisotopic (exact) mass is 418 g/mol. The lowest BCUT2D eigenvalue weighted by molar-refractivity contribution is 0.102. The van der Waals surface area contributed by atoms with E-state index in [2.05, 4.69) is 20.6 Å². The summed E-state index contributed by atoms with van der Waals surface area (Å²) in [5, 5.41) is 11.7. The van der Waals surface area contributed by atoms with Gasteiger partial charge in [-0.1, -0.05) is 6.07 Å². The standard InChI is InChI=1S/C22H22N6O3/c1-31-19-11-14(7-10-24-19)22(30)25-15-3-2-4-16-20(15)21-26-18(29)12-17(28(21)27-16)13-5-8-23-9-6-13/h2-4,7,10-13,23H,5-6,8-9H2,1H3,(H,25,30)(H,26,29). The normalized spacial score (nSPS) is 14.7. The summed E-state index contributed by atoms with van der Waals surface area (Å²) in [6, 6.07) is 10.3. The highest BCUT2D eigenvalue weighted by molar-refractivity contribution is 6.11. The molecule has 0 unspecified atom stereocenters. The number of carbonyl (C=O) groups is 1. The summed E-state index contributed by atoms with van der Waals surface area (Å²) >= 11 is 0. The van der Waals surface area contributed by atoms with Crippen LogP contribution >= 0.6 is 0 Å². The number of hydrogen-bond acceptors (Lipinski definition) is 6. The lowest BCUT2D eigenvalue weighted by Gasteiger charge is -2.23. The van der Waals surface area contributed by atoms with E-state index in [1.807, 2.05) is 16.6 Å². The molecule has 1 amide bonds. The average Bonchev–Trinajstić information content (AvgIpc) is 3.18. The number of rotatable bonds is 4. The molecular formula is C22H22N6O3. The van der Waals surface area contributed by atoms with Gasteiger partial charge in [0.05, 0.1) is 29.4 Å². The van der Waals surface area contributed by atoms with E-state index in [1.165, 1.54) is 13.3 Å². The number of methoxy groups -OCH3 is 1. The van der Waals surface area contributed by atoms with Crippen LogP contribution < -0.4 is 20.9 Å². The number of benzene rings is 1. The minimum atomic E-state index is -0.301. The second-order valence-corrected chi connectivity index (χ2v) is 7.58. The first-order valence-corrected chi connectivity index (χ1v) is 10.2. The van der Waals surface area contributed by atoms with Crippen molar-refractivity contribution in [1.29, 1.82) is 0 Å². The summed E-state index contributed by atoms with van der Waals surface area (Å²) < 4.78 is 6.92. The number of fused-ring (bicyclic) bond motifs is 3. The Morgan fingerprint density at radius 3 is 2.87 bits per heavy atom. The van der Waals surface area contributed by atoms with Gasteiger partial charge in [-0.2, -0.15) is 5.10 Å². The molecular weight excluding hydrogens is 396 g/mol. The molecule has 0 atom stereocenters. The SMILES string of the molecule is COc1cc(C(=O)Nc2cccc3nn4c(C5CCNCC5)cc(=O)[nH]c4c23)ccn1. The maximum absolute atomic E-state index is 12.9. The van der Waals surface area contributed by atoms with Crippen molar-refractivity contribution >= 4 is 28.1 Å². The zero-order valence-corrected chi connectivity index (χ0v) is 17.0. The van der Waals surface area contributed by atoms with Crippen molar-refractivity contribution in [3.05, 3.63) is 64.2 Å². The largest absolute Gasteiger partial charge is 0.481 e. The van der Waals surface area contributed by atoms with Gasteiger partial charge in [0.1, 0.15) is 5.65 Å². The Morgan fingerprint density at radius 2 is 2.06 bits per heavy atom. The molecule has 0 saturated carbocycles. The molecule has 1 aliphatic rings. The van der Waals surface area contributed by atoms with Crippen molar-refractivity contribution < 1.29 is 9.53 Å². The molecule has 31 heavy (non-hydrogen) atoms. The molecule has 1 aromatic carbocycles. The van der Waals surface area contributed by atoms with Gasteiger partial charge in [-0.05, 0) is 44.1 Å². The smallest absolute Gasteiger partial charge is 0.255 e. The zero-order valence-electron chi connectivity index (χ0n) is 17.0. The van der Waals surface area contributed by atoms with Gasteiger partial charge < -0.3 is 20.4 Å². The molecule has 3 aromatic heterocycles. The highest BCUT2D eigenvalue weighted by atomic mass is 16.5. The summed E-state index contributed by atoms with van der Waals surface area (Å²) in [7, 11) is 1.50. The van der Waals surface area contributed by atoms with Crippen LogP contribution in [0.25, 0.3) is 16.6 Å². The van der Waals surface area contributed by atoms with Gasteiger partial charge in [-0.3, -0.25) is 9.59 Å². The van der Waals surface area contributed by atoms with E-state index in [4.69, 9.17) is 9.84 Å². The second kappa shape index (κ2) is 7.84. The van der Waals surface area contributed by atoms with Crippen LogP contribution in [0.15, 0.2) is 47.4 Å². The molecule has 0 aliphatic carbocycles. The third-order valence-electron chi connectivity index (χ3n) is 5.68. The van der Waals surface area contributed by atoms with Crippen LogP contribution in [-0.2, 0) is 0 Å². The fourth-order valence-electron chi connectivity index (χ4n) is 4.16. The van der Waals surface area contributed by atoms with Crippen molar-refractivity contribution in [2.24, 2.45) is 0 Å². The fourth-order valence-corrected chi connectivity index (χ4v) is 4.16. The Balaban J connectivity index is 1.61. The average molecular weight is 418 g/mol. The van der Waals surface area contributed by atoms with Gasteiger partial charge >= 0.3 is 0 Å². The number of carbonyl (C=O) groups excluding carboxylic acids is 1. The summed E-state index contributed by atoms with van der Waals surface area (Å²) in [6.07, 6.45) is 3.41. The third-order valence-corrected chi connectivity index (χ3v) is 5.68. The maximum Gasteiger partial charge on any atom is 0.255 e. The molecule has 1 saturated heterocycles. The van der Waals surface area contributed by atoms with Gasteiger partial charge in [0, 0.05) is 29.8 Å². The first kappa shape index (κ1) is 19.3. The van der Waals surface area contributed by atoms with Gasteiger partial charge in [0.15, 0.2) is 0 Å². The molecule has 9 nitrogen and oxygen atoms in total. The molecule has 9 heteroatoms. The number of anilines is 1. The van der Waals surface area contributed by atoms with Crippen LogP contribution in [0.5, 0.6) is 5.88 Å². The van der Waals surface area contributed by atoms with E-state index >= 15 is 0 Å². The number of ether oxygens (including phenoxy) is 1. The van der Waals surface area contributed by atoms with Gasteiger partial charge in [-0.15, -0.1) is 0 Å². The summed E-state index contributed by atoms with van der Waals surface area (Å²) in [5.74, 6) is 0.310. The van der Waals surface area contributed by atoms with E-state index < -0.39 is 0 Å². The van der Waals surface area contributed by atoms with Crippen LogP contribution in [0.4, 0.5) is 5.69 Å². The molecule has 1 fully saturated rings. The van der Waals surface area contributed by atoms with Crippen molar-refractivity contribution in [2.45, 2.75) is 18.8 Å². The third kappa shape index (κ3) is 3.53. The molecule has 158 valence electrons. The van der Waals surface area contributed by atoms with Crippen LogP contribution in [0.3, 0.4) is 0 Å². The van der Waals surface area contributed by atoms with Gasteiger partial charge in [0.25, 0.3) is 11.5 Å². The van der Waals surface area contributed by atoms with Crippen molar-refractivity contribution in [3.8, 4) is 5.88 Å². The minimum Gasteiger partial charge on any atom is -0.481 e. The number of aromatic nitrogens is 4. The number of nitrogens with one attached hydrogen (secondary N) is 3. The fraction of sp³-hybridized carbons (Fsp3) is 0.273. The number of amides is 1. The molecule has 0 spiro atoms. The molecule has 4 heterocycles. The lowest BCUT2D eigenvalue weighted by atomic mass is 9.94. The zero-order chi connectivity index (χ0) is 21.4. The summed E-state index contributed by atoms with van der Waals surface area (Å²) in [6.45, 7) is 1.83. The van der Waals surface area contributed by atoms with Crippen molar-refractivity contribution in [3.63, 3.8) is 0 Å². The molecule has 5 rings (SSSR count). The van der Waals surface area contributed by atoms with Gasteiger partial charge in [0.2, 0.25) is 5.88 Å². The van der Waals surface area contributed by atoms with E-state index in [9.17, 15) is 9.59 Å². The van der Waals surface area contributed by atoms with E-state index in [0.29, 0.717) is 33.7 Å². The van der Waals surface area contributed by atoms with E-state index in [1.54, 1.807) is 24.3 Å². The van der Waals surface area contributed by atoms with Crippen LogP contribution in [0.2, 0.25) is 0 Å². The molecule has 4 aromatic rings. The second-order valence-electron chi connectivity index (χ2n) is 7.58. The first-order valence-electron chi connectivity index (χ1n) is 10.2. The van der Waals surface area contributed by atoms with E-state index in [-0.39, 0.29) is 17.4 Å². The van der Waals surface area contributed by atoms with Crippen molar-refractivity contribution in [2.75, 3.05) is 25.5 Å². The lowest BCUT2D eigenvalue weighted by Crippen LogP contribution is -2.28. The molecule has 3 N–H and O–H groups in total. The molecule has 0 radical (unpaired) electrons. The number of nitrogens with zero attached hydrogens (tertiary/aromatic N) is 3. The Morgan fingerprint density at radius 1 is 1.23 bits per heavy atom. The predicted octanol–water partition coefficient (Wildman–Crippen LogP) is 2.30. The topological polar surface area (TPSA) is 113 Å². The maximum atomic E-state index is 12.9.